The van der Waals surface area contributed by atoms with Crippen molar-refractivity contribution in [2.24, 2.45) is 0 Å². The SMILES string of the molecule is CC(=O)c1ccn(C2CCCC2)c1C. The maximum atomic E-state index is 11.3. The van der Waals surface area contributed by atoms with Gasteiger partial charge >= 0.3 is 0 Å². The molecule has 0 N–H and O–H groups in total. The van der Waals surface area contributed by atoms with Gasteiger partial charge in [-0.25, -0.2) is 0 Å². The molecule has 0 bridgehead atoms. The molecule has 0 radical (unpaired) electrons. The molecule has 14 heavy (non-hydrogen) atoms. The van der Waals surface area contributed by atoms with E-state index in [-0.39, 0.29) is 5.78 Å². The first-order valence-corrected chi connectivity index (χ1v) is 5.38. The largest absolute Gasteiger partial charge is 0.348 e. The Balaban J connectivity index is 2.30. The molecule has 1 heterocycles. The van der Waals surface area contributed by atoms with Crippen LogP contribution in [0.15, 0.2) is 12.3 Å². The van der Waals surface area contributed by atoms with Crippen molar-refractivity contribution in [3.05, 3.63) is 23.5 Å². The lowest BCUT2D eigenvalue weighted by molar-refractivity contribution is 0.101. The van der Waals surface area contributed by atoms with Crippen LogP contribution in [0.1, 0.15) is 54.7 Å². The van der Waals surface area contributed by atoms with E-state index in [1.165, 1.54) is 25.7 Å². The maximum absolute atomic E-state index is 11.3. The molecule has 1 aliphatic carbocycles. The summed E-state index contributed by atoms with van der Waals surface area (Å²) in [5, 5.41) is 0. The Bertz CT molecular complexity index is 345. The monoisotopic (exact) mass is 191 g/mol. The molecule has 2 heteroatoms. The van der Waals surface area contributed by atoms with E-state index in [4.69, 9.17) is 0 Å². The van der Waals surface area contributed by atoms with E-state index in [2.05, 4.69) is 17.7 Å². The molecule has 2 rings (SSSR count). The van der Waals surface area contributed by atoms with Crippen molar-refractivity contribution in [3.63, 3.8) is 0 Å². The molecule has 76 valence electrons. The number of Topliss-reactive ketones (excluding diaryl/α,β-unsaturated/α-hetero) is 1. The third-order valence-corrected chi connectivity index (χ3v) is 3.28. The fraction of sp³-hybridized carbons (Fsp3) is 0.583. The molecule has 0 spiro atoms. The summed E-state index contributed by atoms with van der Waals surface area (Å²) in [5.74, 6) is 0.180. The van der Waals surface area contributed by atoms with Crippen LogP contribution in [-0.2, 0) is 0 Å². The Morgan fingerprint density at radius 3 is 2.57 bits per heavy atom. The van der Waals surface area contributed by atoms with Crippen molar-refractivity contribution < 1.29 is 4.79 Å². The molecular weight excluding hydrogens is 174 g/mol. The predicted octanol–water partition coefficient (Wildman–Crippen LogP) is 3.11. The van der Waals surface area contributed by atoms with Gasteiger partial charge in [0.25, 0.3) is 0 Å². The normalized spacial score (nSPS) is 17.6. The average Bonchev–Trinajstić information content (AvgIpc) is 2.71. The molecule has 0 aliphatic heterocycles. The lowest BCUT2D eigenvalue weighted by Crippen LogP contribution is -2.06. The van der Waals surface area contributed by atoms with Gasteiger partial charge in [0.05, 0.1) is 0 Å². The predicted molar refractivity (Wildman–Crippen MR) is 56.7 cm³/mol. The van der Waals surface area contributed by atoms with Crippen molar-refractivity contribution >= 4 is 5.78 Å². The Labute approximate surface area is 84.9 Å². The highest BCUT2D eigenvalue weighted by molar-refractivity contribution is 5.95. The molecule has 1 aromatic rings. The quantitative estimate of drug-likeness (QED) is 0.658. The fourth-order valence-electron chi connectivity index (χ4n) is 2.48. The second kappa shape index (κ2) is 3.60. The molecular formula is C12H17NO. The van der Waals surface area contributed by atoms with Crippen molar-refractivity contribution in [1.29, 1.82) is 0 Å². The van der Waals surface area contributed by atoms with E-state index < -0.39 is 0 Å². The molecule has 0 atom stereocenters. The number of ketones is 1. The highest BCUT2D eigenvalue weighted by atomic mass is 16.1. The van der Waals surface area contributed by atoms with Gasteiger partial charge in [0.1, 0.15) is 0 Å². The molecule has 0 aromatic carbocycles. The summed E-state index contributed by atoms with van der Waals surface area (Å²) in [7, 11) is 0. The van der Waals surface area contributed by atoms with Crippen LogP contribution in [0.2, 0.25) is 0 Å². The zero-order chi connectivity index (χ0) is 10.1. The third kappa shape index (κ3) is 1.49. The fourth-order valence-corrected chi connectivity index (χ4v) is 2.48. The van der Waals surface area contributed by atoms with Gasteiger partial charge in [-0.15, -0.1) is 0 Å². The number of carbonyl (C=O) groups is 1. The molecule has 1 aliphatic rings. The van der Waals surface area contributed by atoms with Crippen molar-refractivity contribution in [2.45, 2.75) is 45.6 Å². The lowest BCUT2D eigenvalue weighted by Gasteiger charge is -2.14. The third-order valence-electron chi connectivity index (χ3n) is 3.28. The molecule has 1 fully saturated rings. The summed E-state index contributed by atoms with van der Waals surface area (Å²) >= 11 is 0. The number of nitrogens with zero attached hydrogens (tertiary/aromatic N) is 1. The van der Waals surface area contributed by atoms with Gasteiger partial charge in [-0.1, -0.05) is 12.8 Å². The first-order valence-electron chi connectivity index (χ1n) is 5.38. The summed E-state index contributed by atoms with van der Waals surface area (Å²) in [6.45, 7) is 3.69. The summed E-state index contributed by atoms with van der Waals surface area (Å²) in [5.41, 5.74) is 2.03. The van der Waals surface area contributed by atoms with Crippen LogP contribution >= 0.6 is 0 Å². The first kappa shape index (κ1) is 9.50. The number of rotatable bonds is 2. The molecule has 2 nitrogen and oxygen atoms in total. The number of carbonyl (C=O) groups excluding carboxylic acids is 1. The first-order chi connectivity index (χ1) is 6.70. The van der Waals surface area contributed by atoms with Crippen LogP contribution in [-0.4, -0.2) is 10.4 Å². The van der Waals surface area contributed by atoms with Gasteiger partial charge in [-0.2, -0.15) is 0 Å². The van der Waals surface area contributed by atoms with Gasteiger partial charge in [-0.05, 0) is 32.8 Å². The highest BCUT2D eigenvalue weighted by Gasteiger charge is 2.19. The van der Waals surface area contributed by atoms with E-state index >= 15 is 0 Å². The maximum Gasteiger partial charge on any atom is 0.161 e. The Hall–Kier alpha value is -1.05. The minimum Gasteiger partial charge on any atom is -0.348 e. The molecule has 0 saturated heterocycles. The molecule has 1 aromatic heterocycles. The van der Waals surface area contributed by atoms with Crippen LogP contribution in [0.3, 0.4) is 0 Å². The Morgan fingerprint density at radius 2 is 2.07 bits per heavy atom. The van der Waals surface area contributed by atoms with Crippen LogP contribution in [0.4, 0.5) is 0 Å². The van der Waals surface area contributed by atoms with Crippen LogP contribution in [0.5, 0.6) is 0 Å². The second-order valence-corrected chi connectivity index (χ2v) is 4.22. The van der Waals surface area contributed by atoms with Crippen molar-refractivity contribution in [1.82, 2.24) is 4.57 Å². The molecule has 0 unspecified atom stereocenters. The average molecular weight is 191 g/mol. The van der Waals surface area contributed by atoms with E-state index in [1.54, 1.807) is 6.92 Å². The van der Waals surface area contributed by atoms with Crippen molar-refractivity contribution in [2.75, 3.05) is 0 Å². The van der Waals surface area contributed by atoms with E-state index in [9.17, 15) is 4.79 Å². The van der Waals surface area contributed by atoms with Crippen LogP contribution in [0, 0.1) is 6.92 Å². The summed E-state index contributed by atoms with van der Waals surface area (Å²) < 4.78 is 2.28. The standard InChI is InChI=1S/C12H17NO/c1-9-12(10(2)14)7-8-13(9)11-5-3-4-6-11/h7-8,11H,3-6H2,1-2H3. The summed E-state index contributed by atoms with van der Waals surface area (Å²) in [6, 6.07) is 2.60. The van der Waals surface area contributed by atoms with Crippen LogP contribution in [0.25, 0.3) is 0 Å². The van der Waals surface area contributed by atoms with E-state index in [0.29, 0.717) is 6.04 Å². The summed E-state index contributed by atoms with van der Waals surface area (Å²) in [6.07, 6.45) is 7.27. The second-order valence-electron chi connectivity index (χ2n) is 4.22. The van der Waals surface area contributed by atoms with Gasteiger partial charge in [0.15, 0.2) is 5.78 Å². The minimum absolute atomic E-state index is 0.180. The topological polar surface area (TPSA) is 22.0 Å². The van der Waals surface area contributed by atoms with Crippen LogP contribution < -0.4 is 0 Å². The zero-order valence-corrected chi connectivity index (χ0v) is 8.92. The molecule has 0 amide bonds. The zero-order valence-electron chi connectivity index (χ0n) is 8.92. The minimum atomic E-state index is 0.180. The van der Waals surface area contributed by atoms with E-state index in [1.807, 2.05) is 6.07 Å². The van der Waals surface area contributed by atoms with Gasteiger partial charge in [0.2, 0.25) is 0 Å². The molecule has 1 saturated carbocycles. The Kier molecular flexibility index (Phi) is 2.44. The lowest BCUT2D eigenvalue weighted by atomic mass is 10.2. The van der Waals surface area contributed by atoms with E-state index in [0.717, 1.165) is 11.3 Å². The van der Waals surface area contributed by atoms with Gasteiger partial charge in [0, 0.05) is 23.5 Å². The van der Waals surface area contributed by atoms with Crippen molar-refractivity contribution in [3.8, 4) is 0 Å². The highest BCUT2D eigenvalue weighted by Crippen LogP contribution is 2.31. The van der Waals surface area contributed by atoms with Gasteiger partial charge in [-0.3, -0.25) is 4.79 Å². The Morgan fingerprint density at radius 1 is 1.43 bits per heavy atom. The number of hydrogen-bond donors (Lipinski definition) is 0. The van der Waals surface area contributed by atoms with Gasteiger partial charge < -0.3 is 4.57 Å². The smallest absolute Gasteiger partial charge is 0.161 e. The summed E-state index contributed by atoms with van der Waals surface area (Å²) in [4.78, 5) is 11.3. The number of aromatic nitrogens is 1. The number of hydrogen-bond acceptors (Lipinski definition) is 1.